The molecule has 3 aromatic rings. The summed E-state index contributed by atoms with van der Waals surface area (Å²) in [5, 5.41) is 5.77. The van der Waals surface area contributed by atoms with Crippen LogP contribution in [0.3, 0.4) is 0 Å². The third kappa shape index (κ3) is 5.69. The number of benzene rings is 1. The molecule has 1 unspecified atom stereocenters. The van der Waals surface area contributed by atoms with Crippen LogP contribution in [-0.4, -0.2) is 61.6 Å². The Hall–Kier alpha value is -3.26. The van der Waals surface area contributed by atoms with Gasteiger partial charge in [-0.05, 0) is 62.2 Å². The Kier molecular flexibility index (Phi) is 7.84. The van der Waals surface area contributed by atoms with E-state index in [4.69, 9.17) is 10.8 Å². The Bertz CT molecular complexity index is 1230. The second-order valence-corrected chi connectivity index (χ2v) is 10.7. The number of hydrogen-bond acceptors (Lipinski definition) is 6. The minimum absolute atomic E-state index is 0.00676. The topological polar surface area (TPSA) is 93.2 Å². The standard InChI is InChI=1S/C29H39N7O/c1-3-6-21-12-15-34(16-13-21)17-22-8-10-24(11-9-22)27-26-28(30)31-20-32-29(26)36(33-27)19-23-7-5-14-35(18-23)25(37)4-2/h4,8-11,20-21,23H,2-3,5-7,12-19H2,1H3,(H2,30,31,32). The highest BCUT2D eigenvalue weighted by Gasteiger charge is 2.25. The maximum absolute atomic E-state index is 12.2. The van der Waals surface area contributed by atoms with Gasteiger partial charge in [0.15, 0.2) is 5.65 Å². The lowest BCUT2D eigenvalue weighted by Crippen LogP contribution is -2.40. The van der Waals surface area contributed by atoms with Gasteiger partial charge in [-0.2, -0.15) is 5.10 Å². The second kappa shape index (κ2) is 11.4. The van der Waals surface area contributed by atoms with Gasteiger partial charge in [-0.3, -0.25) is 9.69 Å². The summed E-state index contributed by atoms with van der Waals surface area (Å²) in [7, 11) is 0. The molecule has 2 aromatic heterocycles. The summed E-state index contributed by atoms with van der Waals surface area (Å²) in [6.07, 6.45) is 10.2. The fraction of sp³-hybridized carbons (Fsp3) is 0.517. The number of carbonyl (C=O) groups excluding carboxylic acids is 1. The number of rotatable bonds is 8. The summed E-state index contributed by atoms with van der Waals surface area (Å²) in [6.45, 7) is 11.5. The second-order valence-electron chi connectivity index (χ2n) is 10.7. The average Bonchev–Trinajstić information content (AvgIpc) is 3.29. The smallest absolute Gasteiger partial charge is 0.245 e. The van der Waals surface area contributed by atoms with Crippen molar-refractivity contribution >= 4 is 22.8 Å². The molecule has 37 heavy (non-hydrogen) atoms. The zero-order valence-electron chi connectivity index (χ0n) is 22.0. The lowest BCUT2D eigenvalue weighted by atomic mass is 9.92. The van der Waals surface area contributed by atoms with Crippen molar-refractivity contribution in [3.8, 4) is 11.3 Å². The zero-order chi connectivity index (χ0) is 25.8. The molecule has 2 saturated heterocycles. The first-order chi connectivity index (χ1) is 18.1. The Balaban J connectivity index is 1.33. The van der Waals surface area contributed by atoms with Crippen molar-refractivity contribution in [2.45, 2.75) is 58.5 Å². The molecule has 5 rings (SSSR count). The van der Waals surface area contributed by atoms with Crippen LogP contribution in [0.25, 0.3) is 22.3 Å². The molecule has 1 amide bonds. The summed E-state index contributed by atoms with van der Waals surface area (Å²) >= 11 is 0. The van der Waals surface area contributed by atoms with Crippen LogP contribution in [0.15, 0.2) is 43.2 Å². The summed E-state index contributed by atoms with van der Waals surface area (Å²) < 4.78 is 1.95. The van der Waals surface area contributed by atoms with Gasteiger partial charge in [0.25, 0.3) is 0 Å². The van der Waals surface area contributed by atoms with Crippen molar-refractivity contribution in [3.05, 3.63) is 48.8 Å². The van der Waals surface area contributed by atoms with Crippen LogP contribution in [-0.2, 0) is 17.9 Å². The summed E-state index contributed by atoms with van der Waals surface area (Å²) in [5.41, 5.74) is 10.2. The molecule has 0 saturated carbocycles. The maximum Gasteiger partial charge on any atom is 0.245 e. The molecule has 0 radical (unpaired) electrons. The molecule has 0 bridgehead atoms. The van der Waals surface area contributed by atoms with Gasteiger partial charge >= 0.3 is 0 Å². The predicted molar refractivity (Wildman–Crippen MR) is 148 cm³/mol. The number of anilines is 1. The van der Waals surface area contributed by atoms with Crippen molar-refractivity contribution in [1.82, 2.24) is 29.5 Å². The van der Waals surface area contributed by atoms with Crippen LogP contribution >= 0.6 is 0 Å². The van der Waals surface area contributed by atoms with Crippen LogP contribution < -0.4 is 5.73 Å². The number of nitrogen functional groups attached to an aromatic ring is 1. The van der Waals surface area contributed by atoms with Gasteiger partial charge in [-0.1, -0.05) is 50.6 Å². The highest BCUT2D eigenvalue weighted by Crippen LogP contribution is 2.32. The fourth-order valence-corrected chi connectivity index (χ4v) is 6.02. The van der Waals surface area contributed by atoms with Gasteiger partial charge in [0.05, 0.1) is 5.39 Å². The van der Waals surface area contributed by atoms with Crippen molar-refractivity contribution < 1.29 is 4.79 Å². The highest BCUT2D eigenvalue weighted by molar-refractivity contribution is 5.98. The van der Waals surface area contributed by atoms with E-state index in [2.05, 4.69) is 52.6 Å². The Morgan fingerprint density at radius 1 is 1.11 bits per heavy atom. The zero-order valence-corrected chi connectivity index (χ0v) is 22.0. The van der Waals surface area contributed by atoms with E-state index in [0.717, 1.165) is 54.1 Å². The molecule has 2 aliphatic rings. The van der Waals surface area contributed by atoms with Crippen LogP contribution in [0.2, 0.25) is 0 Å². The molecule has 1 atom stereocenters. The summed E-state index contributed by atoms with van der Waals surface area (Å²) in [6, 6.07) is 8.70. The molecular weight excluding hydrogens is 462 g/mol. The molecule has 4 heterocycles. The first-order valence-corrected chi connectivity index (χ1v) is 13.8. The lowest BCUT2D eigenvalue weighted by molar-refractivity contribution is -0.127. The number of hydrogen-bond donors (Lipinski definition) is 1. The number of amides is 1. The van der Waals surface area contributed by atoms with Crippen molar-refractivity contribution in [3.63, 3.8) is 0 Å². The minimum Gasteiger partial charge on any atom is -0.383 e. The number of fused-ring (bicyclic) bond motifs is 1. The van der Waals surface area contributed by atoms with Gasteiger partial charge in [-0.15, -0.1) is 0 Å². The van der Waals surface area contributed by atoms with E-state index in [1.165, 1.54) is 56.7 Å². The molecular formula is C29H39N7O. The maximum atomic E-state index is 12.2. The molecule has 2 aliphatic heterocycles. The van der Waals surface area contributed by atoms with Crippen molar-refractivity contribution in [1.29, 1.82) is 0 Å². The van der Waals surface area contributed by atoms with E-state index in [1.54, 1.807) is 0 Å². The fourth-order valence-electron chi connectivity index (χ4n) is 6.02. The van der Waals surface area contributed by atoms with E-state index < -0.39 is 0 Å². The quantitative estimate of drug-likeness (QED) is 0.457. The summed E-state index contributed by atoms with van der Waals surface area (Å²) in [5.74, 6) is 1.64. The van der Waals surface area contributed by atoms with Gasteiger partial charge in [0, 0.05) is 31.7 Å². The normalized spacial score (nSPS) is 19.4. The van der Waals surface area contributed by atoms with E-state index >= 15 is 0 Å². The lowest BCUT2D eigenvalue weighted by Gasteiger charge is -2.32. The molecule has 2 fully saturated rings. The Morgan fingerprint density at radius 2 is 1.89 bits per heavy atom. The van der Waals surface area contributed by atoms with E-state index in [0.29, 0.717) is 24.8 Å². The molecule has 2 N–H and O–H groups in total. The molecule has 8 heteroatoms. The summed E-state index contributed by atoms with van der Waals surface area (Å²) in [4.78, 5) is 25.4. The third-order valence-corrected chi connectivity index (χ3v) is 8.03. The highest BCUT2D eigenvalue weighted by atomic mass is 16.2. The average molecular weight is 502 g/mol. The van der Waals surface area contributed by atoms with Crippen molar-refractivity contribution in [2.75, 3.05) is 31.9 Å². The number of nitrogens with zero attached hydrogens (tertiary/aromatic N) is 6. The number of nitrogens with two attached hydrogens (primary N) is 1. The molecule has 8 nitrogen and oxygen atoms in total. The third-order valence-electron chi connectivity index (χ3n) is 8.03. The number of likely N-dealkylation sites (tertiary alicyclic amines) is 2. The van der Waals surface area contributed by atoms with Gasteiger partial charge in [-0.25, -0.2) is 14.6 Å². The molecule has 0 aliphatic carbocycles. The number of aromatic nitrogens is 4. The van der Waals surface area contributed by atoms with Crippen molar-refractivity contribution in [2.24, 2.45) is 11.8 Å². The molecule has 0 spiro atoms. The van der Waals surface area contributed by atoms with E-state index in [-0.39, 0.29) is 5.91 Å². The molecule has 196 valence electrons. The molecule has 1 aromatic carbocycles. The Labute approximate surface area is 219 Å². The van der Waals surface area contributed by atoms with Crippen LogP contribution in [0.5, 0.6) is 0 Å². The van der Waals surface area contributed by atoms with Crippen LogP contribution in [0, 0.1) is 11.8 Å². The van der Waals surface area contributed by atoms with E-state index in [1.807, 2.05) is 9.58 Å². The van der Waals surface area contributed by atoms with E-state index in [9.17, 15) is 4.79 Å². The van der Waals surface area contributed by atoms with Crippen LogP contribution in [0.4, 0.5) is 5.82 Å². The van der Waals surface area contributed by atoms with Gasteiger partial charge in [0.2, 0.25) is 5.91 Å². The van der Waals surface area contributed by atoms with Gasteiger partial charge < -0.3 is 10.6 Å². The van der Waals surface area contributed by atoms with Crippen LogP contribution in [0.1, 0.15) is 51.0 Å². The Morgan fingerprint density at radius 3 is 2.62 bits per heavy atom. The largest absolute Gasteiger partial charge is 0.383 e. The SMILES string of the molecule is C=CC(=O)N1CCCC(Cn2nc(-c3ccc(CN4CCC(CCC)CC4)cc3)c3c(N)ncnc32)C1. The van der Waals surface area contributed by atoms with Gasteiger partial charge in [0.1, 0.15) is 17.8 Å². The number of carbonyl (C=O) groups is 1. The number of piperidine rings is 2. The first-order valence-electron chi connectivity index (χ1n) is 13.8. The monoisotopic (exact) mass is 501 g/mol. The minimum atomic E-state index is -0.00676. The predicted octanol–water partition coefficient (Wildman–Crippen LogP) is 4.51. The first kappa shape index (κ1) is 25.4.